The molecule has 2 rings (SSSR count). The molecular formula is C17H20ClN3O4. The minimum absolute atomic E-state index is 0.0844. The molecule has 7 nitrogen and oxygen atoms in total. The SMILES string of the molecule is C#CCOc1c(Cl)cc(/C=N/NC(=O)CN2CCOCC2)cc1OC. The fraction of sp³-hybridized carbons (Fsp3) is 0.412. The monoisotopic (exact) mass is 365 g/mol. The van der Waals surface area contributed by atoms with Gasteiger partial charge in [-0.2, -0.15) is 5.10 Å². The number of terminal acetylenes is 1. The Kier molecular flexibility index (Phi) is 7.54. The number of amides is 1. The first kappa shape index (κ1) is 19.1. The Balaban J connectivity index is 1.94. The average Bonchev–Trinajstić information content (AvgIpc) is 2.61. The molecule has 0 saturated carbocycles. The van der Waals surface area contributed by atoms with Gasteiger partial charge in [0.25, 0.3) is 5.91 Å². The zero-order chi connectivity index (χ0) is 18.1. The molecule has 0 unspecified atom stereocenters. The largest absolute Gasteiger partial charge is 0.493 e. The van der Waals surface area contributed by atoms with Crippen LogP contribution in [-0.4, -0.2) is 63.6 Å². The summed E-state index contributed by atoms with van der Waals surface area (Å²) in [6.07, 6.45) is 6.66. The van der Waals surface area contributed by atoms with E-state index in [1.54, 1.807) is 12.1 Å². The van der Waals surface area contributed by atoms with Crippen LogP contribution in [0.1, 0.15) is 5.56 Å². The number of morpholine rings is 1. The molecule has 0 spiro atoms. The van der Waals surface area contributed by atoms with Gasteiger partial charge in [-0.3, -0.25) is 9.69 Å². The van der Waals surface area contributed by atoms with Crippen LogP contribution in [-0.2, 0) is 9.53 Å². The molecule has 134 valence electrons. The van der Waals surface area contributed by atoms with Crippen LogP contribution in [0, 0.1) is 12.3 Å². The van der Waals surface area contributed by atoms with Gasteiger partial charge in [0.05, 0.1) is 38.1 Å². The highest BCUT2D eigenvalue weighted by molar-refractivity contribution is 6.32. The molecule has 1 aromatic carbocycles. The standard InChI is InChI=1S/C17H20ClN3O4/c1-3-6-25-17-14(18)9-13(10-15(17)23-2)11-19-20-16(22)12-21-4-7-24-8-5-21/h1,9-11H,4-8,12H2,2H3,(H,20,22)/b19-11+. The lowest BCUT2D eigenvalue weighted by molar-refractivity contribution is -0.123. The van der Waals surface area contributed by atoms with E-state index in [-0.39, 0.29) is 19.1 Å². The maximum absolute atomic E-state index is 11.9. The Labute approximate surface area is 151 Å². The van der Waals surface area contributed by atoms with Gasteiger partial charge in [0.15, 0.2) is 11.5 Å². The van der Waals surface area contributed by atoms with Crippen molar-refractivity contribution in [2.24, 2.45) is 5.10 Å². The normalized spacial score (nSPS) is 14.9. The number of hydrogen-bond donors (Lipinski definition) is 1. The Morgan fingerprint density at radius 1 is 1.52 bits per heavy atom. The molecule has 1 aliphatic heterocycles. The van der Waals surface area contributed by atoms with Gasteiger partial charge in [-0.25, -0.2) is 5.43 Å². The van der Waals surface area contributed by atoms with Crippen molar-refractivity contribution in [1.82, 2.24) is 10.3 Å². The van der Waals surface area contributed by atoms with Gasteiger partial charge < -0.3 is 14.2 Å². The highest BCUT2D eigenvalue weighted by atomic mass is 35.5. The number of carbonyl (C=O) groups is 1. The molecule has 25 heavy (non-hydrogen) atoms. The second-order valence-corrected chi connectivity index (χ2v) is 5.62. The Bertz CT molecular complexity index is 667. The van der Waals surface area contributed by atoms with Crippen molar-refractivity contribution in [2.75, 3.05) is 46.6 Å². The predicted octanol–water partition coefficient (Wildman–Crippen LogP) is 1.14. The summed E-state index contributed by atoms with van der Waals surface area (Å²) >= 11 is 6.18. The highest BCUT2D eigenvalue weighted by Crippen LogP contribution is 2.35. The van der Waals surface area contributed by atoms with E-state index in [0.29, 0.717) is 35.3 Å². The zero-order valence-corrected chi connectivity index (χ0v) is 14.7. The van der Waals surface area contributed by atoms with Crippen LogP contribution in [0.5, 0.6) is 11.5 Å². The molecule has 8 heteroatoms. The fourth-order valence-corrected chi connectivity index (χ4v) is 2.52. The quantitative estimate of drug-likeness (QED) is 0.446. The lowest BCUT2D eigenvalue weighted by Gasteiger charge is -2.25. The molecule has 0 aromatic heterocycles. The van der Waals surface area contributed by atoms with Crippen molar-refractivity contribution >= 4 is 23.7 Å². The van der Waals surface area contributed by atoms with Crippen LogP contribution in [0.15, 0.2) is 17.2 Å². The van der Waals surface area contributed by atoms with Crippen molar-refractivity contribution in [2.45, 2.75) is 0 Å². The molecule has 1 amide bonds. The first-order chi connectivity index (χ1) is 12.1. The van der Waals surface area contributed by atoms with Gasteiger partial charge in [-0.05, 0) is 17.7 Å². The third kappa shape index (κ3) is 5.94. The number of halogens is 1. The number of benzene rings is 1. The maximum atomic E-state index is 11.9. The van der Waals surface area contributed by atoms with E-state index in [2.05, 4.69) is 16.4 Å². The molecule has 1 N–H and O–H groups in total. The van der Waals surface area contributed by atoms with Crippen LogP contribution in [0.2, 0.25) is 5.02 Å². The predicted molar refractivity (Wildman–Crippen MR) is 95.3 cm³/mol. The molecule has 1 heterocycles. The summed E-state index contributed by atoms with van der Waals surface area (Å²) < 4.78 is 15.9. The Morgan fingerprint density at radius 2 is 2.28 bits per heavy atom. The molecule has 1 aliphatic rings. The van der Waals surface area contributed by atoms with Crippen LogP contribution < -0.4 is 14.9 Å². The second kappa shape index (κ2) is 9.89. The number of nitrogens with zero attached hydrogens (tertiary/aromatic N) is 2. The topological polar surface area (TPSA) is 72.4 Å². The van der Waals surface area contributed by atoms with E-state index in [9.17, 15) is 4.79 Å². The summed E-state index contributed by atoms with van der Waals surface area (Å²) in [6.45, 7) is 3.13. The van der Waals surface area contributed by atoms with Gasteiger partial charge >= 0.3 is 0 Å². The minimum atomic E-state index is -0.190. The first-order valence-corrected chi connectivity index (χ1v) is 8.07. The van der Waals surface area contributed by atoms with E-state index >= 15 is 0 Å². The van der Waals surface area contributed by atoms with Gasteiger partial charge in [-0.15, -0.1) is 6.42 Å². The van der Waals surface area contributed by atoms with Crippen LogP contribution in [0.25, 0.3) is 0 Å². The zero-order valence-electron chi connectivity index (χ0n) is 14.0. The molecule has 0 aliphatic carbocycles. The molecule has 1 fully saturated rings. The number of hydrazone groups is 1. The Morgan fingerprint density at radius 3 is 2.96 bits per heavy atom. The second-order valence-electron chi connectivity index (χ2n) is 5.21. The van der Waals surface area contributed by atoms with E-state index in [1.165, 1.54) is 13.3 Å². The van der Waals surface area contributed by atoms with E-state index in [1.807, 2.05) is 4.90 Å². The van der Waals surface area contributed by atoms with Gasteiger partial charge in [0, 0.05) is 13.1 Å². The summed E-state index contributed by atoms with van der Waals surface area (Å²) in [4.78, 5) is 13.9. The molecule has 1 saturated heterocycles. The van der Waals surface area contributed by atoms with Crippen molar-refractivity contribution in [3.05, 3.63) is 22.7 Å². The number of rotatable bonds is 7. The minimum Gasteiger partial charge on any atom is -0.493 e. The number of ether oxygens (including phenoxy) is 3. The summed E-state index contributed by atoms with van der Waals surface area (Å²) in [5.74, 6) is 2.98. The number of nitrogens with one attached hydrogen (secondary N) is 1. The van der Waals surface area contributed by atoms with Gasteiger partial charge in [0.1, 0.15) is 6.61 Å². The molecule has 0 atom stereocenters. The summed E-state index contributed by atoms with van der Waals surface area (Å²) in [5.41, 5.74) is 3.14. The molecular weight excluding hydrogens is 346 g/mol. The molecule has 1 aromatic rings. The molecule has 0 bridgehead atoms. The maximum Gasteiger partial charge on any atom is 0.254 e. The third-order valence-corrected chi connectivity index (χ3v) is 3.71. The lowest BCUT2D eigenvalue weighted by atomic mass is 10.2. The lowest BCUT2D eigenvalue weighted by Crippen LogP contribution is -2.42. The third-order valence-electron chi connectivity index (χ3n) is 3.43. The number of methoxy groups -OCH3 is 1. The summed E-state index contributed by atoms with van der Waals surface area (Å²) in [7, 11) is 1.50. The van der Waals surface area contributed by atoms with E-state index < -0.39 is 0 Å². The van der Waals surface area contributed by atoms with E-state index in [4.69, 9.17) is 32.2 Å². The van der Waals surface area contributed by atoms with Crippen molar-refractivity contribution < 1.29 is 19.0 Å². The van der Waals surface area contributed by atoms with Gasteiger partial charge in [-0.1, -0.05) is 17.5 Å². The number of carbonyl (C=O) groups excluding carboxylic acids is 1. The van der Waals surface area contributed by atoms with Crippen LogP contribution >= 0.6 is 11.6 Å². The summed E-state index contributed by atoms with van der Waals surface area (Å²) in [6, 6.07) is 3.34. The number of hydrogen-bond acceptors (Lipinski definition) is 6. The Hall–Kier alpha value is -2.27. The van der Waals surface area contributed by atoms with Crippen molar-refractivity contribution in [3.8, 4) is 23.8 Å². The van der Waals surface area contributed by atoms with Crippen molar-refractivity contribution in [1.29, 1.82) is 0 Å². The van der Waals surface area contributed by atoms with E-state index in [0.717, 1.165) is 13.1 Å². The first-order valence-electron chi connectivity index (χ1n) is 7.70. The summed E-state index contributed by atoms with van der Waals surface area (Å²) in [5, 5.41) is 4.29. The molecule has 0 radical (unpaired) electrons. The average molecular weight is 366 g/mol. The smallest absolute Gasteiger partial charge is 0.254 e. The van der Waals surface area contributed by atoms with Crippen molar-refractivity contribution in [3.63, 3.8) is 0 Å². The van der Waals surface area contributed by atoms with Crippen LogP contribution in [0.4, 0.5) is 0 Å². The highest BCUT2D eigenvalue weighted by Gasteiger charge is 2.14. The fourth-order valence-electron chi connectivity index (χ4n) is 2.24. The van der Waals surface area contributed by atoms with Crippen LogP contribution in [0.3, 0.4) is 0 Å². The van der Waals surface area contributed by atoms with Gasteiger partial charge in [0.2, 0.25) is 0 Å².